The number of hydrogen-bond acceptors (Lipinski definition) is 2. The van der Waals surface area contributed by atoms with Crippen molar-refractivity contribution in [3.05, 3.63) is 52.1 Å². The lowest BCUT2D eigenvalue weighted by Gasteiger charge is -2.11. The second-order valence-electron chi connectivity index (χ2n) is 4.83. The van der Waals surface area contributed by atoms with Crippen molar-refractivity contribution in [3.8, 4) is 11.6 Å². The highest BCUT2D eigenvalue weighted by atomic mass is 79.9. The minimum atomic E-state index is 0.715. The van der Waals surface area contributed by atoms with Gasteiger partial charge < -0.3 is 4.74 Å². The SMILES string of the molecule is Cc1nn(C)c(Oc2ccc3ccccc3c2Br)c1CBr. The third kappa shape index (κ3) is 2.60. The molecule has 5 heteroatoms. The van der Waals surface area contributed by atoms with Crippen LogP contribution in [-0.2, 0) is 12.4 Å². The Morgan fingerprint density at radius 3 is 2.71 bits per heavy atom. The Hall–Kier alpha value is -1.33. The van der Waals surface area contributed by atoms with Crippen molar-refractivity contribution < 1.29 is 4.74 Å². The topological polar surface area (TPSA) is 27.1 Å². The van der Waals surface area contributed by atoms with Crippen LogP contribution in [0.25, 0.3) is 10.8 Å². The van der Waals surface area contributed by atoms with Gasteiger partial charge in [-0.05, 0) is 39.7 Å². The molecular weight excluding hydrogens is 396 g/mol. The van der Waals surface area contributed by atoms with E-state index in [1.807, 2.05) is 32.2 Å². The van der Waals surface area contributed by atoms with Gasteiger partial charge in [-0.1, -0.05) is 46.3 Å². The number of hydrogen-bond donors (Lipinski definition) is 0. The lowest BCUT2D eigenvalue weighted by molar-refractivity contribution is 0.426. The molecule has 0 N–H and O–H groups in total. The zero-order valence-electron chi connectivity index (χ0n) is 11.7. The van der Waals surface area contributed by atoms with E-state index in [0.29, 0.717) is 5.33 Å². The number of benzene rings is 2. The van der Waals surface area contributed by atoms with Crippen LogP contribution in [-0.4, -0.2) is 9.78 Å². The summed E-state index contributed by atoms with van der Waals surface area (Å²) in [7, 11) is 1.89. The molecule has 21 heavy (non-hydrogen) atoms. The first-order valence-corrected chi connectivity index (χ1v) is 8.46. The van der Waals surface area contributed by atoms with E-state index in [1.54, 1.807) is 4.68 Å². The van der Waals surface area contributed by atoms with Gasteiger partial charge in [0.25, 0.3) is 0 Å². The third-order valence-corrected chi connectivity index (χ3v) is 4.84. The molecule has 0 aliphatic heterocycles. The van der Waals surface area contributed by atoms with Crippen LogP contribution in [0.2, 0.25) is 0 Å². The van der Waals surface area contributed by atoms with Crippen LogP contribution >= 0.6 is 31.9 Å². The molecule has 3 rings (SSSR count). The molecule has 0 atom stereocenters. The quantitative estimate of drug-likeness (QED) is 0.546. The highest BCUT2D eigenvalue weighted by Gasteiger charge is 2.16. The van der Waals surface area contributed by atoms with Gasteiger partial charge in [-0.15, -0.1) is 0 Å². The molecule has 0 amide bonds. The van der Waals surface area contributed by atoms with Crippen LogP contribution in [0.15, 0.2) is 40.9 Å². The standard InChI is InChI=1S/C16H14Br2N2O/c1-10-13(9-17)16(20(2)19-10)21-14-8-7-11-5-3-4-6-12(11)15(14)18/h3-8H,9H2,1-2H3. The Balaban J connectivity index is 2.08. The summed E-state index contributed by atoms with van der Waals surface area (Å²) in [6.07, 6.45) is 0. The van der Waals surface area contributed by atoms with Crippen molar-refractivity contribution in [2.45, 2.75) is 12.3 Å². The fraction of sp³-hybridized carbons (Fsp3) is 0.188. The summed E-state index contributed by atoms with van der Waals surface area (Å²) >= 11 is 7.15. The fourth-order valence-corrected chi connectivity index (χ4v) is 3.58. The Morgan fingerprint density at radius 2 is 1.95 bits per heavy atom. The number of aromatic nitrogens is 2. The van der Waals surface area contributed by atoms with Crippen molar-refractivity contribution in [2.75, 3.05) is 0 Å². The third-order valence-electron chi connectivity index (χ3n) is 3.46. The maximum Gasteiger partial charge on any atom is 0.221 e. The molecule has 108 valence electrons. The van der Waals surface area contributed by atoms with E-state index < -0.39 is 0 Å². The second-order valence-corrected chi connectivity index (χ2v) is 6.18. The van der Waals surface area contributed by atoms with Gasteiger partial charge in [0, 0.05) is 17.9 Å². The summed E-state index contributed by atoms with van der Waals surface area (Å²) in [6, 6.07) is 12.3. The first kappa shape index (κ1) is 14.6. The van der Waals surface area contributed by atoms with E-state index in [2.05, 4.69) is 55.2 Å². The predicted octanol–water partition coefficient (Wildman–Crippen LogP) is 5.33. The zero-order valence-corrected chi connectivity index (χ0v) is 14.9. The van der Waals surface area contributed by atoms with Crippen LogP contribution < -0.4 is 4.74 Å². The Morgan fingerprint density at radius 1 is 1.19 bits per heavy atom. The molecule has 0 fully saturated rings. The Labute approximate surface area is 140 Å². The lowest BCUT2D eigenvalue weighted by atomic mass is 10.1. The van der Waals surface area contributed by atoms with E-state index in [1.165, 1.54) is 5.39 Å². The van der Waals surface area contributed by atoms with E-state index in [9.17, 15) is 0 Å². The molecule has 2 aromatic carbocycles. The van der Waals surface area contributed by atoms with Gasteiger partial charge >= 0.3 is 0 Å². The zero-order chi connectivity index (χ0) is 15.0. The minimum Gasteiger partial charge on any atom is -0.438 e. The van der Waals surface area contributed by atoms with Crippen molar-refractivity contribution >= 4 is 42.6 Å². The number of fused-ring (bicyclic) bond motifs is 1. The molecule has 1 heterocycles. The number of halogens is 2. The fourth-order valence-electron chi connectivity index (χ4n) is 2.36. The molecule has 0 saturated carbocycles. The normalized spacial score (nSPS) is 11.0. The Bertz CT molecular complexity index is 811. The van der Waals surface area contributed by atoms with Crippen molar-refractivity contribution in [3.63, 3.8) is 0 Å². The predicted molar refractivity (Wildman–Crippen MR) is 92.3 cm³/mol. The molecule has 1 aromatic heterocycles. The average Bonchev–Trinajstić information content (AvgIpc) is 2.75. The van der Waals surface area contributed by atoms with Gasteiger partial charge in [0.15, 0.2) is 0 Å². The molecular formula is C16H14Br2N2O. The number of aryl methyl sites for hydroxylation is 2. The van der Waals surface area contributed by atoms with Gasteiger partial charge in [0.2, 0.25) is 5.88 Å². The van der Waals surface area contributed by atoms with Crippen molar-refractivity contribution in [1.82, 2.24) is 9.78 Å². The smallest absolute Gasteiger partial charge is 0.221 e. The van der Waals surface area contributed by atoms with Crippen molar-refractivity contribution in [2.24, 2.45) is 7.05 Å². The van der Waals surface area contributed by atoms with E-state index in [4.69, 9.17) is 4.74 Å². The monoisotopic (exact) mass is 408 g/mol. The van der Waals surface area contributed by atoms with E-state index in [-0.39, 0.29) is 0 Å². The maximum absolute atomic E-state index is 6.11. The lowest BCUT2D eigenvalue weighted by Crippen LogP contribution is -1.97. The van der Waals surface area contributed by atoms with Gasteiger partial charge in [-0.2, -0.15) is 5.10 Å². The van der Waals surface area contributed by atoms with Gasteiger partial charge in [-0.3, -0.25) is 0 Å². The summed E-state index contributed by atoms with van der Waals surface area (Å²) < 4.78 is 8.84. The van der Waals surface area contributed by atoms with Gasteiger partial charge in [-0.25, -0.2) is 4.68 Å². The first-order valence-electron chi connectivity index (χ1n) is 6.55. The summed E-state index contributed by atoms with van der Waals surface area (Å²) in [5, 5.41) is 7.44. The largest absolute Gasteiger partial charge is 0.438 e. The minimum absolute atomic E-state index is 0.715. The second kappa shape index (κ2) is 5.81. The molecule has 0 aliphatic carbocycles. The van der Waals surface area contributed by atoms with Crippen LogP contribution in [0.1, 0.15) is 11.3 Å². The number of rotatable bonds is 3. The highest BCUT2D eigenvalue weighted by molar-refractivity contribution is 9.10. The summed E-state index contributed by atoms with van der Waals surface area (Å²) in [4.78, 5) is 0. The molecule has 3 aromatic rings. The first-order chi connectivity index (χ1) is 10.1. The summed E-state index contributed by atoms with van der Waals surface area (Å²) in [5.41, 5.74) is 2.04. The molecule has 0 spiro atoms. The van der Waals surface area contributed by atoms with Crippen LogP contribution in [0.3, 0.4) is 0 Å². The number of ether oxygens (including phenoxy) is 1. The average molecular weight is 410 g/mol. The molecule has 3 nitrogen and oxygen atoms in total. The maximum atomic E-state index is 6.11. The van der Waals surface area contributed by atoms with Crippen LogP contribution in [0.5, 0.6) is 11.6 Å². The van der Waals surface area contributed by atoms with Gasteiger partial charge in [0.05, 0.1) is 10.2 Å². The molecule has 0 radical (unpaired) electrons. The van der Waals surface area contributed by atoms with Crippen LogP contribution in [0.4, 0.5) is 0 Å². The van der Waals surface area contributed by atoms with Gasteiger partial charge in [0.1, 0.15) is 5.75 Å². The van der Waals surface area contributed by atoms with E-state index in [0.717, 1.165) is 32.7 Å². The van der Waals surface area contributed by atoms with Crippen molar-refractivity contribution in [1.29, 1.82) is 0 Å². The number of alkyl halides is 1. The molecule has 0 aliphatic rings. The molecule has 0 unspecified atom stereocenters. The Kier molecular flexibility index (Phi) is 4.04. The number of nitrogens with zero attached hydrogens (tertiary/aromatic N) is 2. The summed E-state index contributed by atoms with van der Waals surface area (Å²) in [5.74, 6) is 1.55. The molecule has 0 saturated heterocycles. The van der Waals surface area contributed by atoms with Crippen LogP contribution in [0, 0.1) is 6.92 Å². The summed E-state index contributed by atoms with van der Waals surface area (Å²) in [6.45, 7) is 1.99. The van der Waals surface area contributed by atoms with E-state index >= 15 is 0 Å². The highest BCUT2D eigenvalue weighted by Crippen LogP contribution is 2.37. The molecule has 0 bridgehead atoms.